The van der Waals surface area contributed by atoms with E-state index >= 15 is 0 Å². The summed E-state index contributed by atoms with van der Waals surface area (Å²) in [5.74, 6) is -0.138. The first kappa shape index (κ1) is 19.1. The molecule has 0 aliphatic heterocycles. The minimum atomic E-state index is -0.581. The molecule has 0 spiro atoms. The average molecular weight is 373 g/mol. The Balaban J connectivity index is 1.69. The van der Waals surface area contributed by atoms with Crippen LogP contribution in [0.25, 0.3) is 11.1 Å². The molecule has 144 valence electrons. The smallest absolute Gasteiger partial charge is 0.410 e. The first-order valence-electron chi connectivity index (χ1n) is 8.86. The molecule has 3 rings (SSSR count). The van der Waals surface area contributed by atoms with Gasteiger partial charge in [-0.05, 0) is 45.7 Å². The van der Waals surface area contributed by atoms with Gasteiger partial charge < -0.3 is 14.4 Å². The molecule has 2 aromatic rings. The molecule has 1 saturated carbocycles. The van der Waals surface area contributed by atoms with Crippen LogP contribution in [0.15, 0.2) is 36.8 Å². The number of halogens is 1. The second kappa shape index (κ2) is 7.13. The highest BCUT2D eigenvalue weighted by atomic mass is 19.1. The first-order valence-corrected chi connectivity index (χ1v) is 8.86. The van der Waals surface area contributed by atoms with Gasteiger partial charge in [0.15, 0.2) is 0 Å². The van der Waals surface area contributed by atoms with Crippen LogP contribution in [0.5, 0.6) is 5.75 Å². The summed E-state index contributed by atoms with van der Waals surface area (Å²) in [6.45, 7) is 5.79. The number of likely N-dealkylation sites (N-methyl/N-ethyl adjacent to an activating group) is 1. The predicted octanol–water partition coefficient (Wildman–Crippen LogP) is 4.06. The summed E-state index contributed by atoms with van der Waals surface area (Å²) in [5.41, 5.74) is -0.00152. The molecule has 0 bridgehead atoms. The van der Waals surface area contributed by atoms with Crippen molar-refractivity contribution in [3.8, 4) is 16.9 Å². The largest absolute Gasteiger partial charge is 0.489 e. The van der Waals surface area contributed by atoms with Gasteiger partial charge in [-0.1, -0.05) is 6.07 Å². The van der Waals surface area contributed by atoms with Gasteiger partial charge in [-0.3, -0.25) is 4.98 Å². The van der Waals surface area contributed by atoms with E-state index < -0.39 is 17.1 Å². The Labute approximate surface area is 158 Å². The fraction of sp³-hybridized carbons (Fsp3) is 0.450. The molecule has 0 N–H and O–H groups in total. The van der Waals surface area contributed by atoms with Gasteiger partial charge in [-0.2, -0.15) is 4.39 Å². The van der Waals surface area contributed by atoms with E-state index in [2.05, 4.69) is 9.97 Å². The number of hydrogen-bond donors (Lipinski definition) is 0. The van der Waals surface area contributed by atoms with Gasteiger partial charge in [0.1, 0.15) is 18.0 Å². The van der Waals surface area contributed by atoms with Crippen LogP contribution in [0.4, 0.5) is 9.18 Å². The van der Waals surface area contributed by atoms with Crippen molar-refractivity contribution in [3.63, 3.8) is 0 Å². The Morgan fingerprint density at radius 2 is 2.07 bits per heavy atom. The Morgan fingerprint density at radius 3 is 2.67 bits per heavy atom. The zero-order chi connectivity index (χ0) is 19.7. The number of carbonyl (C=O) groups is 1. The zero-order valence-corrected chi connectivity index (χ0v) is 16.0. The maximum Gasteiger partial charge on any atom is 0.410 e. The van der Waals surface area contributed by atoms with Crippen molar-refractivity contribution in [2.45, 2.75) is 44.8 Å². The van der Waals surface area contributed by atoms with Crippen LogP contribution in [0, 0.1) is 5.95 Å². The van der Waals surface area contributed by atoms with Crippen molar-refractivity contribution >= 4 is 6.09 Å². The van der Waals surface area contributed by atoms with Crippen molar-refractivity contribution in [1.82, 2.24) is 14.9 Å². The number of aromatic nitrogens is 2. The second-order valence-corrected chi connectivity index (χ2v) is 7.80. The van der Waals surface area contributed by atoms with E-state index in [1.807, 2.05) is 20.8 Å². The monoisotopic (exact) mass is 373 g/mol. The normalized spacial score (nSPS) is 15.1. The van der Waals surface area contributed by atoms with E-state index in [1.54, 1.807) is 42.5 Å². The maximum absolute atomic E-state index is 14.1. The lowest BCUT2D eigenvalue weighted by Crippen LogP contribution is -2.45. The number of nitrogens with zero attached hydrogens (tertiary/aromatic N) is 3. The highest BCUT2D eigenvalue weighted by molar-refractivity contribution is 5.69. The van der Waals surface area contributed by atoms with Crippen molar-refractivity contribution < 1.29 is 18.7 Å². The molecule has 0 radical (unpaired) electrons. The molecule has 2 heterocycles. The number of carbonyl (C=O) groups excluding carboxylic acids is 1. The number of rotatable bonds is 5. The number of ether oxygens (including phenoxy) is 2. The first-order chi connectivity index (χ1) is 12.7. The third-order valence-electron chi connectivity index (χ3n) is 4.50. The summed E-state index contributed by atoms with van der Waals surface area (Å²) >= 11 is 0. The molecule has 6 nitrogen and oxygen atoms in total. The average Bonchev–Trinajstić information content (AvgIpc) is 3.41. The van der Waals surface area contributed by atoms with E-state index in [-0.39, 0.29) is 6.09 Å². The van der Waals surface area contributed by atoms with Gasteiger partial charge in [-0.25, -0.2) is 9.78 Å². The molecule has 1 aliphatic rings. The highest BCUT2D eigenvalue weighted by Gasteiger charge is 2.50. The van der Waals surface area contributed by atoms with E-state index in [9.17, 15) is 9.18 Å². The summed E-state index contributed by atoms with van der Waals surface area (Å²) in [5, 5.41) is 0. The van der Waals surface area contributed by atoms with Crippen LogP contribution in [0.2, 0.25) is 0 Å². The van der Waals surface area contributed by atoms with E-state index in [4.69, 9.17) is 9.47 Å². The molecule has 1 fully saturated rings. The van der Waals surface area contributed by atoms with Crippen LogP contribution >= 0.6 is 0 Å². The molecular formula is C20H24FN3O3. The second-order valence-electron chi connectivity index (χ2n) is 7.80. The summed E-state index contributed by atoms with van der Waals surface area (Å²) < 4.78 is 25.4. The fourth-order valence-corrected chi connectivity index (χ4v) is 2.69. The summed E-state index contributed by atoms with van der Waals surface area (Å²) in [6, 6.07) is 5.09. The standard InChI is InChI=1S/C20H24FN3O3/c1-19(2,3)27-18(25)24(4)20(7-8-20)13-26-15-10-16(17(21)23-12-15)14-6-5-9-22-11-14/h5-6,9-12H,7-8,13H2,1-4H3. The van der Waals surface area contributed by atoms with Gasteiger partial charge >= 0.3 is 6.09 Å². The Bertz CT molecular complexity index is 817. The van der Waals surface area contributed by atoms with Crippen molar-refractivity contribution in [3.05, 3.63) is 42.7 Å². The zero-order valence-electron chi connectivity index (χ0n) is 16.0. The molecule has 0 saturated heterocycles. The highest BCUT2D eigenvalue weighted by Crippen LogP contribution is 2.42. The Kier molecular flexibility index (Phi) is 5.04. The van der Waals surface area contributed by atoms with E-state index in [1.165, 1.54) is 6.20 Å². The Hall–Kier alpha value is -2.70. The van der Waals surface area contributed by atoms with Crippen LogP contribution in [-0.4, -0.2) is 45.8 Å². The van der Waals surface area contributed by atoms with E-state index in [0.717, 1.165) is 12.8 Å². The molecule has 7 heteroatoms. The van der Waals surface area contributed by atoms with Crippen molar-refractivity contribution in [1.29, 1.82) is 0 Å². The predicted molar refractivity (Wildman–Crippen MR) is 98.9 cm³/mol. The van der Waals surface area contributed by atoms with Crippen LogP contribution in [-0.2, 0) is 4.74 Å². The molecule has 0 unspecified atom stereocenters. The third kappa shape index (κ3) is 4.53. The van der Waals surface area contributed by atoms with Gasteiger partial charge in [0.25, 0.3) is 0 Å². The molecule has 0 aromatic carbocycles. The van der Waals surface area contributed by atoms with Crippen LogP contribution < -0.4 is 4.74 Å². The number of hydrogen-bond acceptors (Lipinski definition) is 5. The topological polar surface area (TPSA) is 64.6 Å². The third-order valence-corrected chi connectivity index (χ3v) is 4.50. The quantitative estimate of drug-likeness (QED) is 0.740. The minimum absolute atomic E-state index is 0.294. The summed E-state index contributed by atoms with van der Waals surface area (Å²) in [4.78, 5) is 21.7. The molecule has 1 amide bonds. The van der Waals surface area contributed by atoms with Crippen LogP contribution in [0.3, 0.4) is 0 Å². The lowest BCUT2D eigenvalue weighted by atomic mass is 10.1. The van der Waals surface area contributed by atoms with Crippen LogP contribution in [0.1, 0.15) is 33.6 Å². The summed E-state index contributed by atoms with van der Waals surface area (Å²) in [7, 11) is 1.72. The minimum Gasteiger partial charge on any atom is -0.489 e. The molecule has 1 aliphatic carbocycles. The summed E-state index contributed by atoms with van der Waals surface area (Å²) in [6.07, 6.45) is 5.82. The lowest BCUT2D eigenvalue weighted by molar-refractivity contribution is 0.0139. The Morgan fingerprint density at radius 1 is 1.33 bits per heavy atom. The van der Waals surface area contributed by atoms with Gasteiger partial charge in [-0.15, -0.1) is 0 Å². The van der Waals surface area contributed by atoms with E-state index in [0.29, 0.717) is 23.5 Å². The molecule has 0 atom stereocenters. The fourth-order valence-electron chi connectivity index (χ4n) is 2.69. The maximum atomic E-state index is 14.1. The van der Waals surface area contributed by atoms with Crippen molar-refractivity contribution in [2.24, 2.45) is 0 Å². The molecule has 2 aromatic heterocycles. The lowest BCUT2D eigenvalue weighted by Gasteiger charge is -2.30. The SMILES string of the molecule is CN(C(=O)OC(C)(C)C)C1(COc2cnc(F)c(-c3cccnc3)c2)CC1. The molecule has 27 heavy (non-hydrogen) atoms. The van der Waals surface area contributed by atoms with Crippen molar-refractivity contribution in [2.75, 3.05) is 13.7 Å². The molecular weight excluding hydrogens is 349 g/mol. The van der Waals surface area contributed by atoms with Gasteiger partial charge in [0.2, 0.25) is 5.95 Å². The van der Waals surface area contributed by atoms with Gasteiger partial charge in [0.05, 0.1) is 11.7 Å². The number of pyridine rings is 2. The van der Waals surface area contributed by atoms with Gasteiger partial charge in [0, 0.05) is 30.6 Å². The number of amides is 1.